The van der Waals surface area contributed by atoms with Crippen LogP contribution in [0, 0.1) is 13.8 Å². The van der Waals surface area contributed by atoms with E-state index in [2.05, 4.69) is 0 Å². The molecule has 0 amide bonds. The van der Waals surface area contributed by atoms with Gasteiger partial charge in [0, 0.05) is 10.6 Å². The molecule has 3 nitrogen and oxygen atoms in total. The van der Waals surface area contributed by atoms with Crippen LogP contribution in [0.25, 0.3) is 0 Å². The molecule has 0 aromatic heterocycles. The topological polar surface area (TPSA) is 49.7 Å². The fraction of sp³-hybridized carbons (Fsp3) is 0.200. The summed E-state index contributed by atoms with van der Waals surface area (Å²) < 4.78 is 5.73. The van der Waals surface area contributed by atoms with E-state index in [9.17, 15) is 0 Å². The maximum atomic E-state index is 9.11. The Hall–Kier alpha value is -1.49. The van der Waals surface area contributed by atoms with Crippen LogP contribution in [0.15, 0.2) is 36.4 Å². The van der Waals surface area contributed by atoms with E-state index in [1.165, 1.54) is 0 Å². The molecule has 2 N–H and O–H groups in total. The molecule has 0 aliphatic carbocycles. The van der Waals surface area contributed by atoms with Crippen LogP contribution in [0.5, 0.6) is 5.75 Å². The van der Waals surface area contributed by atoms with Crippen LogP contribution in [-0.2, 0) is 6.61 Å². The molecule has 0 saturated carbocycles. The summed E-state index contributed by atoms with van der Waals surface area (Å²) >= 11 is 6.16. The minimum absolute atomic E-state index is 0.376. The van der Waals surface area contributed by atoms with E-state index in [4.69, 9.17) is 26.4 Å². The van der Waals surface area contributed by atoms with Gasteiger partial charge in [-0.3, -0.25) is 0 Å². The first-order valence-corrected chi connectivity index (χ1v) is 6.69. The molecule has 0 atom stereocenters. The molecule has 20 heavy (non-hydrogen) atoms. The van der Waals surface area contributed by atoms with Gasteiger partial charge in [0.05, 0.1) is 0 Å². The van der Waals surface area contributed by atoms with Crippen molar-refractivity contribution in [2.45, 2.75) is 20.5 Å². The summed E-state index contributed by atoms with van der Waals surface area (Å²) in [5.41, 5.74) is 3.32. The minimum Gasteiger partial charge on any atom is -0.489 e. The molecule has 5 heteroatoms. The second-order valence-electron chi connectivity index (χ2n) is 4.78. The molecule has 0 bridgehead atoms. The lowest BCUT2D eigenvalue weighted by Crippen LogP contribution is -2.29. The van der Waals surface area contributed by atoms with Gasteiger partial charge in [0.1, 0.15) is 12.4 Å². The van der Waals surface area contributed by atoms with E-state index < -0.39 is 7.12 Å². The Bertz CT molecular complexity index is 614. The van der Waals surface area contributed by atoms with Gasteiger partial charge in [-0.05, 0) is 42.6 Å². The van der Waals surface area contributed by atoms with Crippen molar-refractivity contribution in [1.29, 1.82) is 0 Å². The first kappa shape index (κ1) is 14.9. The molecular formula is C15H16BClO3. The number of hydrogen-bond acceptors (Lipinski definition) is 3. The first-order valence-electron chi connectivity index (χ1n) is 6.32. The molecule has 0 fully saturated rings. The third kappa shape index (κ3) is 3.54. The molecule has 2 aromatic carbocycles. The fourth-order valence-electron chi connectivity index (χ4n) is 1.92. The Morgan fingerprint density at radius 2 is 1.85 bits per heavy atom. The molecule has 0 aliphatic heterocycles. The summed E-state index contributed by atoms with van der Waals surface area (Å²) in [6, 6.07) is 10.9. The number of ether oxygens (including phenoxy) is 1. The Kier molecular flexibility index (Phi) is 4.71. The van der Waals surface area contributed by atoms with Crippen LogP contribution in [0.2, 0.25) is 5.02 Å². The smallest absolute Gasteiger partial charge is 0.488 e. The molecule has 0 heterocycles. The number of benzene rings is 2. The number of hydrogen-bond donors (Lipinski definition) is 2. The third-order valence-corrected chi connectivity index (χ3v) is 3.44. The summed E-state index contributed by atoms with van der Waals surface area (Å²) in [5.74, 6) is 0.700. The van der Waals surface area contributed by atoms with Crippen LogP contribution in [0.1, 0.15) is 16.7 Å². The highest BCUT2D eigenvalue weighted by Crippen LogP contribution is 2.21. The maximum absolute atomic E-state index is 9.11. The first-order chi connectivity index (χ1) is 9.47. The maximum Gasteiger partial charge on any atom is 0.488 e. The van der Waals surface area contributed by atoms with E-state index in [0.29, 0.717) is 22.8 Å². The summed E-state index contributed by atoms with van der Waals surface area (Å²) in [7, 11) is -1.46. The highest BCUT2D eigenvalue weighted by atomic mass is 35.5. The van der Waals surface area contributed by atoms with Gasteiger partial charge in [0.25, 0.3) is 0 Å². The second kappa shape index (κ2) is 6.31. The van der Waals surface area contributed by atoms with Crippen molar-refractivity contribution >= 4 is 24.2 Å². The van der Waals surface area contributed by atoms with Gasteiger partial charge >= 0.3 is 7.12 Å². The highest BCUT2D eigenvalue weighted by molar-refractivity contribution is 6.58. The van der Waals surface area contributed by atoms with E-state index in [0.717, 1.165) is 16.7 Å². The quantitative estimate of drug-likeness (QED) is 0.849. The molecule has 0 radical (unpaired) electrons. The zero-order valence-electron chi connectivity index (χ0n) is 11.4. The van der Waals surface area contributed by atoms with Gasteiger partial charge in [0.15, 0.2) is 0 Å². The molecule has 0 saturated heterocycles. The molecule has 0 spiro atoms. The van der Waals surface area contributed by atoms with Gasteiger partial charge in [0.2, 0.25) is 0 Å². The number of halogens is 1. The second-order valence-corrected chi connectivity index (χ2v) is 5.19. The molecule has 2 rings (SSSR count). The lowest BCUT2D eigenvalue weighted by atomic mass is 9.79. The van der Waals surface area contributed by atoms with E-state index in [-0.39, 0.29) is 0 Å². The zero-order chi connectivity index (χ0) is 14.7. The van der Waals surface area contributed by atoms with Gasteiger partial charge in [-0.1, -0.05) is 35.9 Å². The summed E-state index contributed by atoms with van der Waals surface area (Å²) in [5, 5.41) is 18.9. The SMILES string of the molecule is Cc1ccc(COc2ccc(B(O)O)cc2C)c(Cl)c1. The largest absolute Gasteiger partial charge is 0.489 e. The van der Waals surface area contributed by atoms with E-state index >= 15 is 0 Å². The Labute approximate surface area is 123 Å². The lowest BCUT2D eigenvalue weighted by Gasteiger charge is -2.12. The normalized spacial score (nSPS) is 10.4. The number of rotatable bonds is 4. The van der Waals surface area contributed by atoms with E-state index in [1.807, 2.05) is 32.0 Å². The van der Waals surface area contributed by atoms with Crippen molar-refractivity contribution in [3.8, 4) is 5.75 Å². The predicted molar refractivity (Wildman–Crippen MR) is 81.5 cm³/mol. The Morgan fingerprint density at radius 1 is 1.10 bits per heavy atom. The van der Waals surface area contributed by atoms with Crippen molar-refractivity contribution in [3.05, 3.63) is 58.1 Å². The van der Waals surface area contributed by atoms with Crippen molar-refractivity contribution in [2.24, 2.45) is 0 Å². The van der Waals surface area contributed by atoms with Crippen molar-refractivity contribution < 1.29 is 14.8 Å². The summed E-state index contributed by atoms with van der Waals surface area (Å²) in [6.07, 6.45) is 0. The molecule has 0 aliphatic rings. The lowest BCUT2D eigenvalue weighted by molar-refractivity contribution is 0.304. The summed E-state index contributed by atoms with van der Waals surface area (Å²) in [4.78, 5) is 0. The van der Waals surface area contributed by atoms with Gasteiger partial charge in [-0.2, -0.15) is 0 Å². The molecular weight excluding hydrogens is 274 g/mol. The summed E-state index contributed by atoms with van der Waals surface area (Å²) in [6.45, 7) is 4.22. The van der Waals surface area contributed by atoms with Gasteiger partial charge in [-0.15, -0.1) is 0 Å². The van der Waals surface area contributed by atoms with Crippen LogP contribution < -0.4 is 10.2 Å². The fourth-order valence-corrected chi connectivity index (χ4v) is 2.21. The number of aryl methyl sites for hydroxylation is 2. The average Bonchev–Trinajstić information content (AvgIpc) is 2.38. The van der Waals surface area contributed by atoms with Crippen LogP contribution in [0.4, 0.5) is 0 Å². The average molecular weight is 291 g/mol. The van der Waals surface area contributed by atoms with Crippen molar-refractivity contribution in [3.63, 3.8) is 0 Å². The van der Waals surface area contributed by atoms with Crippen molar-refractivity contribution in [2.75, 3.05) is 0 Å². The monoisotopic (exact) mass is 290 g/mol. The minimum atomic E-state index is -1.46. The van der Waals surface area contributed by atoms with Crippen LogP contribution in [0.3, 0.4) is 0 Å². The zero-order valence-corrected chi connectivity index (χ0v) is 12.2. The highest BCUT2D eigenvalue weighted by Gasteiger charge is 2.12. The van der Waals surface area contributed by atoms with Crippen LogP contribution in [-0.4, -0.2) is 17.2 Å². The molecule has 104 valence electrons. The third-order valence-electron chi connectivity index (χ3n) is 3.09. The van der Waals surface area contributed by atoms with Crippen LogP contribution >= 0.6 is 11.6 Å². The Balaban J connectivity index is 2.11. The van der Waals surface area contributed by atoms with E-state index in [1.54, 1.807) is 18.2 Å². The molecule has 2 aromatic rings. The predicted octanol–water partition coefficient (Wildman–Crippen LogP) is 2.22. The van der Waals surface area contributed by atoms with Gasteiger partial charge in [-0.25, -0.2) is 0 Å². The van der Waals surface area contributed by atoms with Crippen molar-refractivity contribution in [1.82, 2.24) is 0 Å². The Morgan fingerprint density at radius 3 is 2.45 bits per heavy atom. The molecule has 0 unspecified atom stereocenters. The standard InChI is InChI=1S/C15H16BClO3/c1-10-3-4-12(14(17)7-10)9-20-15-6-5-13(16(18)19)8-11(15)2/h3-8,18-19H,9H2,1-2H3. The van der Waals surface area contributed by atoms with Gasteiger partial charge < -0.3 is 14.8 Å².